The first-order valence-corrected chi connectivity index (χ1v) is 12.3. The summed E-state index contributed by atoms with van der Waals surface area (Å²) in [5.74, 6) is 5.43. The summed E-state index contributed by atoms with van der Waals surface area (Å²) in [4.78, 5) is 40.1. The molecule has 1 aliphatic carbocycles. The number of hydrogen-bond acceptors (Lipinski definition) is 8. The second-order valence-corrected chi connectivity index (χ2v) is 9.35. The van der Waals surface area contributed by atoms with Gasteiger partial charge in [0, 0.05) is 24.6 Å². The second-order valence-electron chi connectivity index (χ2n) is 9.35. The predicted molar refractivity (Wildman–Crippen MR) is 135 cm³/mol. The van der Waals surface area contributed by atoms with Crippen molar-refractivity contribution in [1.82, 2.24) is 29.7 Å². The summed E-state index contributed by atoms with van der Waals surface area (Å²) in [6, 6.07) is 9.32. The fourth-order valence-electron chi connectivity index (χ4n) is 4.66. The number of hydrogen-bond donors (Lipinski definition) is 3. The molecule has 2 amide bonds. The molecule has 1 aliphatic heterocycles. The van der Waals surface area contributed by atoms with Crippen LogP contribution < -0.4 is 11.1 Å². The van der Waals surface area contributed by atoms with Crippen molar-refractivity contribution in [2.24, 2.45) is 5.92 Å². The van der Waals surface area contributed by atoms with E-state index in [2.05, 4.69) is 32.1 Å². The Balaban J connectivity index is 1.40. The summed E-state index contributed by atoms with van der Waals surface area (Å²) in [5.41, 5.74) is 7.44. The Bertz CT molecular complexity index is 1380. The summed E-state index contributed by atoms with van der Waals surface area (Å²) >= 11 is 0. The van der Waals surface area contributed by atoms with E-state index in [4.69, 9.17) is 10.5 Å². The molecule has 11 nitrogen and oxygen atoms in total. The van der Waals surface area contributed by atoms with E-state index >= 15 is 0 Å². The van der Waals surface area contributed by atoms with Crippen LogP contribution in [0.2, 0.25) is 0 Å². The van der Waals surface area contributed by atoms with E-state index in [9.17, 15) is 14.7 Å². The van der Waals surface area contributed by atoms with E-state index in [1.54, 1.807) is 28.5 Å². The number of ether oxygens (including phenoxy) is 1. The van der Waals surface area contributed by atoms with Gasteiger partial charge < -0.3 is 25.8 Å². The lowest BCUT2D eigenvalue weighted by Crippen LogP contribution is -2.44. The first kappa shape index (κ1) is 24.7. The van der Waals surface area contributed by atoms with Gasteiger partial charge >= 0.3 is 0 Å². The number of carbonyl (C=O) groups is 2. The second kappa shape index (κ2) is 10.2. The topological polar surface area (TPSA) is 148 Å². The number of rotatable bonds is 5. The average molecular weight is 504 g/mol. The molecule has 2 unspecified atom stereocenters. The Morgan fingerprint density at radius 2 is 2.03 bits per heavy atom. The normalized spacial score (nSPS) is 23.2. The molecule has 2 aromatic heterocycles. The van der Waals surface area contributed by atoms with Gasteiger partial charge in [0.25, 0.3) is 5.91 Å². The molecule has 37 heavy (non-hydrogen) atoms. The average Bonchev–Trinajstić information content (AvgIpc) is 3.43. The fraction of sp³-hybridized carbons (Fsp3) is 0.423. The maximum atomic E-state index is 13.1. The number of nitrogen functional groups attached to an aromatic ring is 1. The molecule has 0 bridgehead atoms. The molecule has 1 aromatic carbocycles. The molecule has 192 valence electrons. The molecule has 3 aromatic rings. The molecule has 0 spiro atoms. The van der Waals surface area contributed by atoms with Crippen molar-refractivity contribution in [3.8, 4) is 11.8 Å². The lowest BCUT2D eigenvalue weighted by molar-refractivity contribution is -0.135. The highest BCUT2D eigenvalue weighted by molar-refractivity contribution is 5.94. The Morgan fingerprint density at radius 3 is 2.70 bits per heavy atom. The van der Waals surface area contributed by atoms with Crippen LogP contribution in [0.4, 0.5) is 5.82 Å². The molecule has 2 fully saturated rings. The van der Waals surface area contributed by atoms with Crippen molar-refractivity contribution in [2.45, 2.75) is 50.7 Å². The number of anilines is 1. The Kier molecular flexibility index (Phi) is 6.78. The quantitative estimate of drug-likeness (QED) is 0.438. The first-order chi connectivity index (χ1) is 17.9. The molecule has 0 radical (unpaired) electrons. The maximum absolute atomic E-state index is 13.1. The lowest BCUT2D eigenvalue weighted by Gasteiger charge is -2.36. The minimum atomic E-state index is -0.967. The standard InChI is InChI=1S/C26H29N7O4/c1-15-20(34)26(37-21(15)24(35)28-2)33-14-29-19-22(27)30-18(31-23(19)33)12-7-13-32(17-10-6-11-17)25(36)16-8-4-3-5-9-16/h3-5,8-9,14-15,17,20-21,26,34H,6,10-11,13H2,1-2H3,(H,28,35)(H2,27,30,31)/t15-,20+,21?,26?/m0/s1. The van der Waals surface area contributed by atoms with E-state index in [1.807, 2.05) is 18.2 Å². The molecular weight excluding hydrogens is 474 g/mol. The van der Waals surface area contributed by atoms with Crippen LogP contribution in [0, 0.1) is 17.8 Å². The van der Waals surface area contributed by atoms with Gasteiger partial charge in [-0.15, -0.1) is 0 Å². The van der Waals surface area contributed by atoms with Crippen molar-refractivity contribution < 1.29 is 19.4 Å². The minimum absolute atomic E-state index is 0.0549. The summed E-state index contributed by atoms with van der Waals surface area (Å²) < 4.78 is 7.42. The van der Waals surface area contributed by atoms with Gasteiger partial charge in [0.1, 0.15) is 17.7 Å². The molecule has 1 saturated heterocycles. The first-order valence-electron chi connectivity index (χ1n) is 12.3. The smallest absolute Gasteiger partial charge is 0.254 e. The van der Waals surface area contributed by atoms with E-state index < -0.39 is 24.4 Å². The van der Waals surface area contributed by atoms with E-state index in [1.165, 1.54) is 13.4 Å². The zero-order valence-electron chi connectivity index (χ0n) is 20.7. The van der Waals surface area contributed by atoms with Gasteiger partial charge in [-0.2, -0.15) is 0 Å². The van der Waals surface area contributed by atoms with Gasteiger partial charge in [-0.1, -0.05) is 31.0 Å². The largest absolute Gasteiger partial charge is 0.388 e. The number of aliphatic hydroxyl groups excluding tert-OH is 1. The van der Waals surface area contributed by atoms with Crippen LogP contribution in [-0.4, -0.2) is 73.2 Å². The minimum Gasteiger partial charge on any atom is -0.388 e. The summed E-state index contributed by atoms with van der Waals surface area (Å²) in [6.45, 7) is 1.98. The summed E-state index contributed by atoms with van der Waals surface area (Å²) in [5, 5.41) is 13.3. The van der Waals surface area contributed by atoms with E-state index in [0.717, 1.165) is 19.3 Å². The number of aliphatic hydroxyl groups is 1. The van der Waals surface area contributed by atoms with E-state index in [0.29, 0.717) is 16.7 Å². The van der Waals surface area contributed by atoms with Crippen LogP contribution in [0.3, 0.4) is 0 Å². The van der Waals surface area contributed by atoms with Gasteiger partial charge in [-0.05, 0) is 37.3 Å². The van der Waals surface area contributed by atoms with Crippen molar-refractivity contribution in [3.63, 3.8) is 0 Å². The number of amides is 2. The highest BCUT2D eigenvalue weighted by atomic mass is 16.5. The van der Waals surface area contributed by atoms with Crippen molar-refractivity contribution in [2.75, 3.05) is 19.3 Å². The van der Waals surface area contributed by atoms with Crippen LogP contribution in [-0.2, 0) is 9.53 Å². The molecule has 1 saturated carbocycles. The van der Waals surface area contributed by atoms with Crippen molar-refractivity contribution in [1.29, 1.82) is 0 Å². The third kappa shape index (κ3) is 4.61. The number of benzene rings is 1. The molecule has 11 heteroatoms. The Hall–Kier alpha value is -4.01. The number of fused-ring (bicyclic) bond motifs is 1. The van der Waals surface area contributed by atoms with Crippen molar-refractivity contribution >= 4 is 28.8 Å². The van der Waals surface area contributed by atoms with Crippen LogP contribution in [0.25, 0.3) is 11.2 Å². The van der Waals surface area contributed by atoms with Crippen LogP contribution in [0.15, 0.2) is 36.7 Å². The summed E-state index contributed by atoms with van der Waals surface area (Å²) in [7, 11) is 1.52. The Morgan fingerprint density at radius 1 is 1.27 bits per heavy atom. The zero-order chi connectivity index (χ0) is 26.1. The van der Waals surface area contributed by atoms with Gasteiger partial charge in [0.2, 0.25) is 11.7 Å². The van der Waals surface area contributed by atoms with Gasteiger partial charge in [-0.3, -0.25) is 14.2 Å². The van der Waals surface area contributed by atoms with Gasteiger partial charge in [0.15, 0.2) is 17.7 Å². The fourth-order valence-corrected chi connectivity index (χ4v) is 4.66. The number of nitrogens with zero attached hydrogens (tertiary/aromatic N) is 5. The zero-order valence-corrected chi connectivity index (χ0v) is 20.7. The highest BCUT2D eigenvalue weighted by Crippen LogP contribution is 2.35. The van der Waals surface area contributed by atoms with Gasteiger partial charge in [0.05, 0.1) is 12.9 Å². The lowest BCUT2D eigenvalue weighted by atomic mass is 9.91. The van der Waals surface area contributed by atoms with Crippen LogP contribution in [0.5, 0.6) is 0 Å². The monoisotopic (exact) mass is 503 g/mol. The summed E-state index contributed by atoms with van der Waals surface area (Å²) in [6.07, 6.45) is 1.78. The molecular formula is C26H29N7O4. The SMILES string of the molecule is CNC(=O)C1OC(n2cnc3c(N)nc(C#CCN(C(=O)c4ccccc4)C4CCC4)nc32)[C@H](O)[C@@H]1C. The van der Waals surface area contributed by atoms with Crippen LogP contribution >= 0.6 is 0 Å². The number of nitrogens with one attached hydrogen (secondary N) is 1. The number of aromatic nitrogens is 4. The molecule has 5 rings (SSSR count). The molecule has 3 heterocycles. The molecule has 4 atom stereocenters. The molecule has 4 N–H and O–H groups in total. The third-order valence-electron chi connectivity index (χ3n) is 7.07. The van der Waals surface area contributed by atoms with E-state index in [-0.39, 0.29) is 36.0 Å². The molecule has 2 aliphatic rings. The number of nitrogens with two attached hydrogens (primary N) is 1. The Labute approximate surface area is 214 Å². The number of carbonyl (C=O) groups excluding carboxylic acids is 2. The third-order valence-corrected chi connectivity index (χ3v) is 7.07. The van der Waals surface area contributed by atoms with Crippen molar-refractivity contribution in [3.05, 3.63) is 48.0 Å². The predicted octanol–water partition coefficient (Wildman–Crippen LogP) is 1.10. The van der Waals surface area contributed by atoms with Crippen LogP contribution in [0.1, 0.15) is 48.6 Å². The maximum Gasteiger partial charge on any atom is 0.254 e. The number of likely N-dealkylation sites (N-methyl/N-ethyl adjacent to an activating group) is 1. The van der Waals surface area contributed by atoms with Gasteiger partial charge in [-0.25, -0.2) is 15.0 Å². The number of imidazole rings is 1. The highest BCUT2D eigenvalue weighted by Gasteiger charge is 2.45.